The van der Waals surface area contributed by atoms with Gasteiger partial charge in [-0.3, -0.25) is 4.79 Å². The van der Waals surface area contributed by atoms with Gasteiger partial charge in [-0.05, 0) is 49.4 Å². The normalized spacial score (nSPS) is 45.8. The van der Waals surface area contributed by atoms with Gasteiger partial charge in [-0.1, -0.05) is 34.6 Å². The van der Waals surface area contributed by atoms with Crippen LogP contribution in [0, 0.1) is 45.8 Å². The van der Waals surface area contributed by atoms with Crippen molar-refractivity contribution >= 4 is 5.78 Å². The van der Waals surface area contributed by atoms with E-state index in [1.807, 2.05) is 7.11 Å². The van der Waals surface area contributed by atoms with Gasteiger partial charge in [0.1, 0.15) is 12.6 Å². The first-order chi connectivity index (χ1) is 14.2. The highest BCUT2D eigenvalue weighted by Gasteiger charge is 2.68. The molecule has 0 aromatic heterocycles. The van der Waals surface area contributed by atoms with E-state index in [0.29, 0.717) is 30.5 Å². The van der Waals surface area contributed by atoms with E-state index in [1.165, 1.54) is 0 Å². The van der Waals surface area contributed by atoms with Crippen molar-refractivity contribution in [2.45, 2.75) is 91.8 Å². The molecule has 0 aromatic carbocycles. The maximum Gasteiger partial charge on any atom is 0.146 e. The van der Waals surface area contributed by atoms with Crippen LogP contribution in [-0.4, -0.2) is 39.0 Å². The van der Waals surface area contributed by atoms with E-state index < -0.39 is 5.41 Å². The average molecular weight is 419 g/mol. The Balaban J connectivity index is 2.15. The van der Waals surface area contributed by atoms with E-state index in [2.05, 4.69) is 46.5 Å². The number of carbonyl (C=O) groups is 1. The van der Waals surface area contributed by atoms with Crippen LogP contribution in [0.1, 0.15) is 79.6 Å². The number of ether oxygens (including phenoxy) is 3. The van der Waals surface area contributed by atoms with Crippen molar-refractivity contribution < 1.29 is 19.0 Å². The Labute approximate surface area is 183 Å². The van der Waals surface area contributed by atoms with Gasteiger partial charge in [-0.2, -0.15) is 0 Å². The van der Waals surface area contributed by atoms with E-state index in [9.17, 15) is 4.79 Å². The molecule has 4 nitrogen and oxygen atoms in total. The third-order valence-corrected chi connectivity index (χ3v) is 9.31. The SMILES string of the molecule is CCC#CC[C@]1(C)C[C@@H](OCOC)[C@@]2(C)C3[C@H](OC)CCC3(CC[C@H]2C)[C@@H](C)C1=O. The number of rotatable bonds is 5. The van der Waals surface area contributed by atoms with Crippen LogP contribution in [0.15, 0.2) is 0 Å². The van der Waals surface area contributed by atoms with Gasteiger partial charge in [0.2, 0.25) is 0 Å². The molecule has 3 rings (SSSR count). The summed E-state index contributed by atoms with van der Waals surface area (Å²) in [7, 11) is 3.51. The summed E-state index contributed by atoms with van der Waals surface area (Å²) in [5.41, 5.74) is -0.572. The van der Waals surface area contributed by atoms with Crippen molar-refractivity contribution in [2.75, 3.05) is 21.0 Å². The lowest BCUT2D eigenvalue weighted by molar-refractivity contribution is -0.219. The van der Waals surface area contributed by atoms with Crippen LogP contribution < -0.4 is 0 Å². The van der Waals surface area contributed by atoms with E-state index in [1.54, 1.807) is 7.11 Å². The highest BCUT2D eigenvalue weighted by molar-refractivity contribution is 5.88. The molecular formula is C26H42O4. The van der Waals surface area contributed by atoms with Gasteiger partial charge in [0.15, 0.2) is 0 Å². The van der Waals surface area contributed by atoms with Crippen molar-refractivity contribution in [3.05, 3.63) is 0 Å². The predicted octanol–water partition coefficient (Wildman–Crippen LogP) is 5.24. The molecule has 2 bridgehead atoms. The summed E-state index contributed by atoms with van der Waals surface area (Å²) < 4.78 is 17.8. The van der Waals surface area contributed by atoms with Crippen LogP contribution in [0.4, 0.5) is 0 Å². The van der Waals surface area contributed by atoms with Crippen LogP contribution in [-0.2, 0) is 19.0 Å². The summed E-state index contributed by atoms with van der Waals surface area (Å²) >= 11 is 0. The number of hydrogen-bond donors (Lipinski definition) is 0. The molecule has 0 amide bonds. The minimum atomic E-state index is -0.499. The Morgan fingerprint density at radius 1 is 1.10 bits per heavy atom. The van der Waals surface area contributed by atoms with E-state index in [0.717, 1.165) is 32.1 Å². The van der Waals surface area contributed by atoms with Gasteiger partial charge in [-0.25, -0.2) is 0 Å². The molecule has 30 heavy (non-hydrogen) atoms. The van der Waals surface area contributed by atoms with E-state index >= 15 is 0 Å². The Morgan fingerprint density at radius 3 is 2.43 bits per heavy atom. The Bertz CT molecular complexity index is 693. The molecule has 0 spiro atoms. The molecule has 170 valence electrons. The summed E-state index contributed by atoms with van der Waals surface area (Å²) in [4.78, 5) is 14.1. The van der Waals surface area contributed by atoms with Gasteiger partial charge >= 0.3 is 0 Å². The molecule has 2 unspecified atom stereocenters. The number of ketones is 1. The number of hydrogen-bond acceptors (Lipinski definition) is 4. The first-order valence-electron chi connectivity index (χ1n) is 11.8. The highest BCUT2D eigenvalue weighted by Crippen LogP contribution is 2.68. The summed E-state index contributed by atoms with van der Waals surface area (Å²) in [6, 6.07) is 0. The molecule has 8 atom stereocenters. The lowest BCUT2D eigenvalue weighted by atomic mass is 9.44. The standard InChI is InChI=1S/C26H42O4/c1-8-9-10-13-24(4)16-21(30-17-28-6)25(5)18(2)11-14-26(19(3)23(24)27)15-12-20(29-7)22(25)26/h18-22H,8,11-17H2,1-7H3/t18-,19+,20-,21-,22?,24-,25+,26?/m1/s1. The molecule has 4 heteroatoms. The Morgan fingerprint density at radius 2 is 1.80 bits per heavy atom. The summed E-state index contributed by atoms with van der Waals surface area (Å²) in [6.07, 6.45) is 6.60. The fourth-order valence-electron chi connectivity index (χ4n) is 7.42. The molecule has 0 radical (unpaired) electrons. The molecule has 0 saturated heterocycles. The van der Waals surface area contributed by atoms with Crippen molar-refractivity contribution in [1.82, 2.24) is 0 Å². The van der Waals surface area contributed by atoms with Gasteiger partial charge in [-0.15, -0.1) is 11.8 Å². The molecule has 0 N–H and O–H groups in total. The van der Waals surface area contributed by atoms with Crippen molar-refractivity contribution in [1.29, 1.82) is 0 Å². The summed E-state index contributed by atoms with van der Waals surface area (Å²) in [5, 5.41) is 0. The lowest BCUT2D eigenvalue weighted by Crippen LogP contribution is -2.62. The van der Waals surface area contributed by atoms with Crippen LogP contribution in [0.3, 0.4) is 0 Å². The zero-order valence-electron chi connectivity index (χ0n) is 20.2. The van der Waals surface area contributed by atoms with Crippen molar-refractivity contribution in [3.8, 4) is 11.8 Å². The summed E-state index contributed by atoms with van der Waals surface area (Å²) in [6.45, 7) is 11.4. The maximum absolute atomic E-state index is 14.1. The maximum atomic E-state index is 14.1. The quantitative estimate of drug-likeness (QED) is 0.452. The van der Waals surface area contributed by atoms with E-state index in [4.69, 9.17) is 14.2 Å². The third-order valence-electron chi connectivity index (χ3n) is 9.31. The second kappa shape index (κ2) is 8.93. The van der Waals surface area contributed by atoms with Crippen LogP contribution in [0.2, 0.25) is 0 Å². The zero-order chi connectivity index (χ0) is 22.2. The highest BCUT2D eigenvalue weighted by atomic mass is 16.7. The molecule has 3 saturated carbocycles. The first-order valence-corrected chi connectivity index (χ1v) is 11.8. The number of carbonyl (C=O) groups excluding carboxylic acids is 1. The smallest absolute Gasteiger partial charge is 0.146 e. The second-order valence-corrected chi connectivity index (χ2v) is 10.6. The average Bonchev–Trinajstić information content (AvgIpc) is 3.13. The van der Waals surface area contributed by atoms with Gasteiger partial charge in [0.05, 0.1) is 12.2 Å². The fraction of sp³-hybridized carbons (Fsp3) is 0.885. The molecular weight excluding hydrogens is 376 g/mol. The van der Waals surface area contributed by atoms with Gasteiger partial charge in [0, 0.05) is 43.8 Å². The first kappa shape index (κ1) is 23.8. The summed E-state index contributed by atoms with van der Waals surface area (Å²) in [5.74, 6) is 7.71. The topological polar surface area (TPSA) is 44.8 Å². The zero-order valence-corrected chi connectivity index (χ0v) is 20.2. The number of methoxy groups -OCH3 is 2. The van der Waals surface area contributed by atoms with Crippen LogP contribution in [0.5, 0.6) is 0 Å². The Hall–Kier alpha value is -0.890. The minimum absolute atomic E-state index is 0.00638. The van der Waals surface area contributed by atoms with Gasteiger partial charge < -0.3 is 14.2 Å². The van der Waals surface area contributed by atoms with E-state index in [-0.39, 0.29) is 35.7 Å². The minimum Gasteiger partial charge on any atom is -0.381 e. The number of Topliss-reactive ketones (excluding diaryl/α,β-unsaturated/α-hetero) is 1. The predicted molar refractivity (Wildman–Crippen MR) is 119 cm³/mol. The molecule has 0 aliphatic heterocycles. The molecule has 3 aliphatic rings. The van der Waals surface area contributed by atoms with Crippen molar-refractivity contribution in [3.63, 3.8) is 0 Å². The molecule has 3 aliphatic carbocycles. The van der Waals surface area contributed by atoms with Crippen LogP contribution in [0.25, 0.3) is 0 Å². The lowest BCUT2D eigenvalue weighted by Gasteiger charge is -2.62. The second-order valence-electron chi connectivity index (χ2n) is 10.6. The Kier molecular flexibility index (Phi) is 7.07. The third kappa shape index (κ3) is 3.55. The molecule has 0 aromatic rings. The monoisotopic (exact) mass is 418 g/mol. The largest absolute Gasteiger partial charge is 0.381 e. The van der Waals surface area contributed by atoms with Gasteiger partial charge in [0.25, 0.3) is 0 Å². The molecule has 3 fully saturated rings. The van der Waals surface area contributed by atoms with Crippen molar-refractivity contribution in [2.24, 2.45) is 34.0 Å². The fourth-order valence-corrected chi connectivity index (χ4v) is 7.42. The molecule has 0 heterocycles. The van der Waals surface area contributed by atoms with Crippen LogP contribution >= 0.6 is 0 Å².